The monoisotopic (exact) mass is 179 g/mol. The molecule has 0 fully saturated rings. The first kappa shape index (κ1) is 7.65. The summed E-state index contributed by atoms with van der Waals surface area (Å²) in [4.78, 5) is 9.92. The maximum absolute atomic E-state index is 9.92. The van der Waals surface area contributed by atoms with Gasteiger partial charge < -0.3 is 10.8 Å². The Morgan fingerprint density at radius 1 is 1.88 bits per heavy atom. The first-order chi connectivity index (χ1) is 3.68. The molecule has 0 amide bonds. The Morgan fingerprint density at radius 3 is 2.50 bits per heavy atom. The summed E-state index contributed by atoms with van der Waals surface area (Å²) < 4.78 is 0.111. The van der Waals surface area contributed by atoms with E-state index in [-0.39, 0.29) is 11.0 Å². The van der Waals surface area contributed by atoms with Crippen molar-refractivity contribution in [3.63, 3.8) is 0 Å². The summed E-state index contributed by atoms with van der Waals surface area (Å²) >= 11 is 2.78. The van der Waals surface area contributed by atoms with Crippen LogP contribution in [-0.2, 0) is 4.79 Å². The minimum atomic E-state index is -0.990. The minimum absolute atomic E-state index is 0.111. The zero-order chi connectivity index (χ0) is 6.57. The average Bonchev–Trinajstić information content (AvgIpc) is 1.67. The van der Waals surface area contributed by atoms with E-state index in [1.165, 1.54) is 6.08 Å². The molecule has 0 rings (SSSR count). The molecule has 0 bridgehead atoms. The van der Waals surface area contributed by atoms with Crippen molar-refractivity contribution in [3.8, 4) is 0 Å². The lowest BCUT2D eigenvalue weighted by Crippen LogP contribution is -1.99. The van der Waals surface area contributed by atoms with Gasteiger partial charge in [0.15, 0.2) is 0 Å². The molecule has 0 spiro atoms. The fourth-order valence-electron chi connectivity index (χ4n) is 0.191. The zero-order valence-electron chi connectivity index (χ0n) is 4.10. The summed E-state index contributed by atoms with van der Waals surface area (Å²) in [6, 6.07) is 0. The van der Waals surface area contributed by atoms with Crippen LogP contribution in [0.25, 0.3) is 0 Å². The summed E-state index contributed by atoms with van der Waals surface area (Å²) in [5, 5.41) is 8.14. The first-order valence-electron chi connectivity index (χ1n) is 1.97. The van der Waals surface area contributed by atoms with Crippen molar-refractivity contribution in [2.75, 3.05) is 6.54 Å². The molecule has 0 heterocycles. The lowest BCUT2D eigenvalue weighted by Gasteiger charge is -1.85. The Hall–Kier alpha value is -0.350. The van der Waals surface area contributed by atoms with Crippen LogP contribution in [-0.4, -0.2) is 17.6 Å². The predicted molar refractivity (Wildman–Crippen MR) is 33.7 cm³/mol. The fourth-order valence-corrected chi connectivity index (χ4v) is 0.378. The van der Waals surface area contributed by atoms with Crippen LogP contribution in [0, 0.1) is 0 Å². The molecule has 46 valence electrons. The number of hydrogen-bond donors (Lipinski definition) is 2. The molecule has 0 aromatic rings. The second kappa shape index (κ2) is 3.63. The van der Waals surface area contributed by atoms with Crippen LogP contribution < -0.4 is 5.73 Å². The Balaban J connectivity index is 3.80. The molecule has 3 N–H and O–H groups in total. The molecule has 0 aromatic carbocycles. The van der Waals surface area contributed by atoms with Gasteiger partial charge in [0.1, 0.15) is 0 Å². The summed E-state index contributed by atoms with van der Waals surface area (Å²) in [6.07, 6.45) is 1.38. The summed E-state index contributed by atoms with van der Waals surface area (Å²) in [5.74, 6) is -0.990. The Labute approximate surface area is 55.3 Å². The molecule has 4 heteroatoms. The van der Waals surface area contributed by atoms with Gasteiger partial charge in [0.2, 0.25) is 0 Å². The van der Waals surface area contributed by atoms with Crippen molar-refractivity contribution >= 4 is 21.9 Å². The van der Waals surface area contributed by atoms with E-state index < -0.39 is 5.97 Å². The highest BCUT2D eigenvalue weighted by Crippen LogP contribution is 2.01. The maximum Gasteiger partial charge on any atom is 0.342 e. The van der Waals surface area contributed by atoms with Gasteiger partial charge in [-0.2, -0.15) is 0 Å². The highest BCUT2D eigenvalue weighted by atomic mass is 79.9. The molecule has 0 aliphatic heterocycles. The number of carbonyl (C=O) groups is 1. The van der Waals surface area contributed by atoms with Crippen molar-refractivity contribution < 1.29 is 9.90 Å². The second-order valence-corrected chi connectivity index (χ2v) is 1.95. The van der Waals surface area contributed by atoms with E-state index in [1.54, 1.807) is 0 Å². The largest absolute Gasteiger partial charge is 0.477 e. The molecule has 0 saturated carbocycles. The quantitative estimate of drug-likeness (QED) is 0.601. The molecule has 0 unspecified atom stereocenters. The fraction of sp³-hybridized carbons (Fsp3) is 0.250. The smallest absolute Gasteiger partial charge is 0.342 e. The SMILES string of the molecule is NC/C=C(\Br)C(=O)O. The van der Waals surface area contributed by atoms with Crippen LogP contribution in [0.3, 0.4) is 0 Å². The Morgan fingerprint density at radius 2 is 2.38 bits per heavy atom. The molecule has 0 atom stereocenters. The van der Waals surface area contributed by atoms with Crippen LogP contribution in [0.4, 0.5) is 0 Å². The molecule has 0 aliphatic rings. The van der Waals surface area contributed by atoms with Crippen molar-refractivity contribution in [1.82, 2.24) is 0 Å². The summed E-state index contributed by atoms with van der Waals surface area (Å²) in [5.41, 5.74) is 5.00. The second-order valence-electron chi connectivity index (χ2n) is 1.09. The third-order valence-corrected chi connectivity index (χ3v) is 1.16. The molecule has 0 saturated heterocycles. The zero-order valence-corrected chi connectivity index (χ0v) is 5.68. The van der Waals surface area contributed by atoms with E-state index in [0.717, 1.165) is 0 Å². The molecular weight excluding hydrogens is 174 g/mol. The van der Waals surface area contributed by atoms with Crippen LogP contribution in [0.5, 0.6) is 0 Å². The highest BCUT2D eigenvalue weighted by molar-refractivity contribution is 9.12. The van der Waals surface area contributed by atoms with Gasteiger partial charge in [-0.05, 0) is 22.0 Å². The number of nitrogens with two attached hydrogens (primary N) is 1. The Bertz CT molecular complexity index is 121. The van der Waals surface area contributed by atoms with Crippen molar-refractivity contribution in [1.29, 1.82) is 0 Å². The minimum Gasteiger partial charge on any atom is -0.477 e. The van der Waals surface area contributed by atoms with Crippen molar-refractivity contribution in [2.45, 2.75) is 0 Å². The molecule has 0 radical (unpaired) electrons. The van der Waals surface area contributed by atoms with Gasteiger partial charge in [-0.15, -0.1) is 0 Å². The van der Waals surface area contributed by atoms with E-state index >= 15 is 0 Å². The molecule has 0 aliphatic carbocycles. The summed E-state index contributed by atoms with van der Waals surface area (Å²) in [6.45, 7) is 0.243. The molecule has 8 heavy (non-hydrogen) atoms. The van der Waals surface area contributed by atoms with Gasteiger partial charge in [-0.1, -0.05) is 0 Å². The number of aliphatic carboxylic acids is 1. The van der Waals surface area contributed by atoms with Gasteiger partial charge in [0.25, 0.3) is 0 Å². The predicted octanol–water partition coefficient (Wildman–Crippen LogP) is 0.308. The van der Waals surface area contributed by atoms with Crippen LogP contribution in [0.2, 0.25) is 0 Å². The standard InChI is InChI=1S/C4H6BrNO2/c5-3(1-2-6)4(7)8/h1H,2,6H2,(H,7,8)/b3-1-. The lowest BCUT2D eigenvalue weighted by molar-refractivity contribution is -0.131. The van der Waals surface area contributed by atoms with Gasteiger partial charge >= 0.3 is 5.97 Å². The third kappa shape index (κ3) is 2.76. The highest BCUT2D eigenvalue weighted by Gasteiger charge is 1.97. The van der Waals surface area contributed by atoms with Crippen molar-refractivity contribution in [3.05, 3.63) is 10.6 Å². The number of carboxylic acids is 1. The van der Waals surface area contributed by atoms with Gasteiger partial charge in [0.05, 0.1) is 4.48 Å². The topological polar surface area (TPSA) is 63.3 Å². The number of hydrogen-bond acceptors (Lipinski definition) is 2. The maximum atomic E-state index is 9.92. The third-order valence-electron chi connectivity index (χ3n) is 0.501. The van der Waals surface area contributed by atoms with Crippen LogP contribution >= 0.6 is 15.9 Å². The van der Waals surface area contributed by atoms with Crippen LogP contribution in [0.15, 0.2) is 10.6 Å². The average molecular weight is 180 g/mol. The number of halogens is 1. The lowest BCUT2D eigenvalue weighted by atomic mass is 10.5. The molecule has 3 nitrogen and oxygen atoms in total. The normalized spacial score (nSPS) is 11.5. The van der Waals surface area contributed by atoms with E-state index in [2.05, 4.69) is 15.9 Å². The number of carboxylic acid groups (broad SMARTS) is 1. The van der Waals surface area contributed by atoms with Crippen molar-refractivity contribution in [2.24, 2.45) is 5.73 Å². The van der Waals surface area contributed by atoms with E-state index in [1.807, 2.05) is 0 Å². The van der Waals surface area contributed by atoms with Gasteiger partial charge in [0, 0.05) is 6.54 Å². The molecular formula is C4H6BrNO2. The Kier molecular flexibility index (Phi) is 3.47. The van der Waals surface area contributed by atoms with E-state index in [4.69, 9.17) is 10.8 Å². The first-order valence-corrected chi connectivity index (χ1v) is 2.76. The van der Waals surface area contributed by atoms with Gasteiger partial charge in [-0.3, -0.25) is 0 Å². The van der Waals surface area contributed by atoms with Gasteiger partial charge in [-0.25, -0.2) is 4.79 Å². The molecule has 0 aromatic heterocycles. The number of rotatable bonds is 2. The van der Waals surface area contributed by atoms with E-state index in [0.29, 0.717) is 0 Å². The summed E-state index contributed by atoms with van der Waals surface area (Å²) in [7, 11) is 0. The van der Waals surface area contributed by atoms with Crippen LogP contribution in [0.1, 0.15) is 0 Å². The van der Waals surface area contributed by atoms with E-state index in [9.17, 15) is 4.79 Å².